The van der Waals surface area contributed by atoms with E-state index in [2.05, 4.69) is 43.6 Å². The van der Waals surface area contributed by atoms with E-state index in [0.717, 1.165) is 39.3 Å². The first kappa shape index (κ1) is 16.4. The molecule has 1 aliphatic heterocycles. The second-order valence-corrected chi connectivity index (χ2v) is 6.14. The lowest BCUT2D eigenvalue weighted by Crippen LogP contribution is -2.50. The summed E-state index contributed by atoms with van der Waals surface area (Å²) in [4.78, 5) is 4.86. The van der Waals surface area contributed by atoms with E-state index >= 15 is 0 Å². The van der Waals surface area contributed by atoms with Gasteiger partial charge in [0.15, 0.2) is 0 Å². The van der Waals surface area contributed by atoms with Crippen LogP contribution in [-0.4, -0.2) is 61.3 Å². The third-order valence-electron chi connectivity index (χ3n) is 3.53. The Kier molecular flexibility index (Phi) is 7.37. The third-order valence-corrected chi connectivity index (χ3v) is 3.53. The standard InChI is InChI=1S/C15H29N3O/c1-13(2)10-17(7-5-6-16)11-15-12-18(14(3)4)8-9-19-15/h13-15H,5,7-12H2,1-4H3. The topological polar surface area (TPSA) is 39.5 Å². The van der Waals surface area contributed by atoms with E-state index in [-0.39, 0.29) is 6.10 Å². The van der Waals surface area contributed by atoms with Crippen LogP contribution in [0, 0.1) is 17.2 Å². The molecule has 0 saturated carbocycles. The molecule has 1 saturated heterocycles. The van der Waals surface area contributed by atoms with Crippen molar-refractivity contribution in [1.82, 2.24) is 9.80 Å². The van der Waals surface area contributed by atoms with Gasteiger partial charge in [-0.1, -0.05) is 13.8 Å². The van der Waals surface area contributed by atoms with Crippen molar-refractivity contribution in [3.05, 3.63) is 0 Å². The largest absolute Gasteiger partial charge is 0.374 e. The van der Waals surface area contributed by atoms with Crippen LogP contribution in [0.5, 0.6) is 0 Å². The lowest BCUT2D eigenvalue weighted by molar-refractivity contribution is -0.0529. The van der Waals surface area contributed by atoms with E-state index in [0.29, 0.717) is 18.4 Å². The van der Waals surface area contributed by atoms with Crippen LogP contribution in [0.3, 0.4) is 0 Å². The molecule has 1 atom stereocenters. The summed E-state index contributed by atoms with van der Waals surface area (Å²) < 4.78 is 5.88. The lowest BCUT2D eigenvalue weighted by Gasteiger charge is -2.38. The highest BCUT2D eigenvalue weighted by Crippen LogP contribution is 2.11. The van der Waals surface area contributed by atoms with Gasteiger partial charge in [0.05, 0.1) is 18.8 Å². The molecule has 1 aliphatic rings. The Hall–Kier alpha value is -0.630. The second-order valence-electron chi connectivity index (χ2n) is 6.14. The predicted octanol–water partition coefficient (Wildman–Crippen LogP) is 1.97. The zero-order chi connectivity index (χ0) is 14.3. The molecule has 0 bridgehead atoms. The fraction of sp³-hybridized carbons (Fsp3) is 0.933. The van der Waals surface area contributed by atoms with Crippen LogP contribution in [-0.2, 0) is 4.74 Å². The molecule has 4 heteroatoms. The van der Waals surface area contributed by atoms with E-state index < -0.39 is 0 Å². The minimum Gasteiger partial charge on any atom is -0.374 e. The number of rotatable bonds is 7. The highest BCUT2D eigenvalue weighted by atomic mass is 16.5. The molecule has 0 spiro atoms. The predicted molar refractivity (Wildman–Crippen MR) is 78.0 cm³/mol. The van der Waals surface area contributed by atoms with Gasteiger partial charge in [0.2, 0.25) is 0 Å². The molecule has 4 nitrogen and oxygen atoms in total. The number of morpholine rings is 1. The Morgan fingerprint density at radius 3 is 2.68 bits per heavy atom. The molecule has 0 aromatic carbocycles. The van der Waals surface area contributed by atoms with Gasteiger partial charge < -0.3 is 4.74 Å². The Labute approximate surface area is 118 Å². The van der Waals surface area contributed by atoms with Gasteiger partial charge in [-0.25, -0.2) is 0 Å². The zero-order valence-corrected chi connectivity index (χ0v) is 12.9. The van der Waals surface area contributed by atoms with Crippen LogP contribution in [0.25, 0.3) is 0 Å². The summed E-state index contributed by atoms with van der Waals surface area (Å²) in [5.74, 6) is 0.628. The van der Waals surface area contributed by atoms with Crippen molar-refractivity contribution in [2.45, 2.75) is 46.3 Å². The Balaban J connectivity index is 2.45. The number of ether oxygens (including phenoxy) is 1. The molecule has 0 radical (unpaired) electrons. The van der Waals surface area contributed by atoms with Gasteiger partial charge in [-0.15, -0.1) is 0 Å². The molecule has 1 rings (SSSR count). The van der Waals surface area contributed by atoms with Gasteiger partial charge in [0, 0.05) is 45.2 Å². The van der Waals surface area contributed by atoms with E-state index in [1.807, 2.05) is 0 Å². The van der Waals surface area contributed by atoms with Crippen molar-refractivity contribution in [2.24, 2.45) is 5.92 Å². The number of nitrogens with zero attached hydrogens (tertiary/aromatic N) is 3. The summed E-state index contributed by atoms with van der Waals surface area (Å²) in [6.45, 7) is 14.7. The first-order valence-electron chi connectivity index (χ1n) is 7.48. The molecule has 19 heavy (non-hydrogen) atoms. The fourth-order valence-corrected chi connectivity index (χ4v) is 2.59. The average Bonchev–Trinajstić information content (AvgIpc) is 2.35. The molecule has 1 heterocycles. The van der Waals surface area contributed by atoms with Crippen molar-refractivity contribution in [2.75, 3.05) is 39.3 Å². The van der Waals surface area contributed by atoms with Gasteiger partial charge >= 0.3 is 0 Å². The first-order valence-corrected chi connectivity index (χ1v) is 7.48. The first-order chi connectivity index (χ1) is 9.02. The van der Waals surface area contributed by atoms with Crippen LogP contribution in [0.2, 0.25) is 0 Å². The minimum absolute atomic E-state index is 0.286. The maximum atomic E-state index is 8.75. The molecule has 1 unspecified atom stereocenters. The van der Waals surface area contributed by atoms with Crippen molar-refractivity contribution in [1.29, 1.82) is 5.26 Å². The third kappa shape index (κ3) is 6.38. The van der Waals surface area contributed by atoms with Gasteiger partial charge in [-0.05, 0) is 19.8 Å². The Bertz CT molecular complexity index is 286. The summed E-state index contributed by atoms with van der Waals surface area (Å²) in [6.07, 6.45) is 0.890. The molecule has 1 fully saturated rings. The molecular weight excluding hydrogens is 238 g/mol. The summed E-state index contributed by atoms with van der Waals surface area (Å²) in [5, 5.41) is 8.75. The SMILES string of the molecule is CC(C)CN(CCC#N)CC1CN(C(C)C)CCO1. The minimum atomic E-state index is 0.286. The molecule has 0 N–H and O–H groups in total. The van der Waals surface area contributed by atoms with Gasteiger partial charge in [0.1, 0.15) is 0 Å². The zero-order valence-electron chi connectivity index (χ0n) is 12.9. The summed E-state index contributed by atoms with van der Waals surface area (Å²) in [6, 6.07) is 2.83. The molecule has 110 valence electrons. The lowest BCUT2D eigenvalue weighted by atomic mass is 10.1. The Morgan fingerprint density at radius 1 is 1.37 bits per heavy atom. The monoisotopic (exact) mass is 267 g/mol. The summed E-state index contributed by atoms with van der Waals surface area (Å²) in [5.41, 5.74) is 0. The van der Waals surface area contributed by atoms with Gasteiger partial charge in [-0.3, -0.25) is 9.80 Å². The van der Waals surface area contributed by atoms with Crippen LogP contribution < -0.4 is 0 Å². The smallest absolute Gasteiger partial charge is 0.0829 e. The number of hydrogen-bond donors (Lipinski definition) is 0. The van der Waals surface area contributed by atoms with E-state index in [4.69, 9.17) is 10.00 Å². The van der Waals surface area contributed by atoms with Crippen molar-refractivity contribution in [3.63, 3.8) is 0 Å². The normalized spacial score (nSPS) is 21.3. The number of hydrogen-bond acceptors (Lipinski definition) is 4. The highest BCUT2D eigenvalue weighted by molar-refractivity contribution is 4.79. The van der Waals surface area contributed by atoms with Gasteiger partial charge in [-0.2, -0.15) is 5.26 Å². The second kappa shape index (κ2) is 8.52. The summed E-state index contributed by atoms with van der Waals surface area (Å²) in [7, 11) is 0. The molecule has 0 aliphatic carbocycles. The summed E-state index contributed by atoms with van der Waals surface area (Å²) >= 11 is 0. The van der Waals surface area contributed by atoms with E-state index in [9.17, 15) is 0 Å². The van der Waals surface area contributed by atoms with E-state index in [1.54, 1.807) is 0 Å². The van der Waals surface area contributed by atoms with Gasteiger partial charge in [0.25, 0.3) is 0 Å². The number of nitriles is 1. The van der Waals surface area contributed by atoms with Crippen LogP contribution in [0.4, 0.5) is 0 Å². The molecule has 0 aromatic rings. The van der Waals surface area contributed by atoms with Crippen molar-refractivity contribution >= 4 is 0 Å². The molecule has 0 amide bonds. The van der Waals surface area contributed by atoms with Crippen LogP contribution >= 0.6 is 0 Å². The van der Waals surface area contributed by atoms with Crippen molar-refractivity contribution in [3.8, 4) is 6.07 Å². The maximum Gasteiger partial charge on any atom is 0.0829 e. The molecular formula is C15H29N3O. The van der Waals surface area contributed by atoms with Crippen LogP contribution in [0.1, 0.15) is 34.1 Å². The fourth-order valence-electron chi connectivity index (χ4n) is 2.59. The molecule has 0 aromatic heterocycles. The van der Waals surface area contributed by atoms with Crippen molar-refractivity contribution < 1.29 is 4.74 Å². The highest BCUT2D eigenvalue weighted by Gasteiger charge is 2.24. The average molecular weight is 267 g/mol. The Morgan fingerprint density at radius 2 is 2.11 bits per heavy atom. The quantitative estimate of drug-likeness (QED) is 0.707. The van der Waals surface area contributed by atoms with E-state index in [1.165, 1.54) is 0 Å². The van der Waals surface area contributed by atoms with Crippen LogP contribution in [0.15, 0.2) is 0 Å². The maximum absolute atomic E-state index is 8.75.